The first-order valence-electron chi connectivity index (χ1n) is 10.0. The molecule has 0 spiro atoms. The zero-order chi connectivity index (χ0) is 20.8. The molecule has 5 heteroatoms. The molecule has 0 unspecified atom stereocenters. The number of hydrogen-bond donors (Lipinski definition) is 0. The molecule has 0 N–H and O–H groups in total. The highest BCUT2D eigenvalue weighted by Crippen LogP contribution is 2.23. The van der Waals surface area contributed by atoms with Crippen molar-refractivity contribution in [2.45, 2.75) is 6.54 Å². The van der Waals surface area contributed by atoms with Crippen LogP contribution in [0.1, 0.15) is 21.5 Å². The first-order chi connectivity index (χ1) is 14.7. The van der Waals surface area contributed by atoms with Gasteiger partial charge in [-0.25, -0.2) is 0 Å². The number of hydrogen-bond acceptors (Lipinski definition) is 4. The number of rotatable bonds is 5. The Balaban J connectivity index is 1.34. The summed E-state index contributed by atoms with van der Waals surface area (Å²) >= 11 is 0. The zero-order valence-electron chi connectivity index (χ0n) is 16.7. The normalized spacial score (nSPS) is 14.2. The summed E-state index contributed by atoms with van der Waals surface area (Å²) in [5, 5.41) is 8.91. The van der Waals surface area contributed by atoms with Crippen LogP contribution in [-0.4, -0.2) is 41.9 Å². The number of nitrogens with zero attached hydrogens (tertiary/aromatic N) is 3. The smallest absolute Gasteiger partial charge is 0.254 e. The summed E-state index contributed by atoms with van der Waals surface area (Å²) in [6, 6.07) is 26.7. The van der Waals surface area contributed by atoms with Crippen LogP contribution in [0.15, 0.2) is 78.9 Å². The van der Waals surface area contributed by atoms with Gasteiger partial charge in [0.1, 0.15) is 11.5 Å². The molecule has 3 aromatic rings. The molecule has 1 aliphatic rings. The van der Waals surface area contributed by atoms with Crippen LogP contribution < -0.4 is 4.74 Å². The van der Waals surface area contributed by atoms with Gasteiger partial charge >= 0.3 is 0 Å². The van der Waals surface area contributed by atoms with E-state index in [9.17, 15) is 4.79 Å². The van der Waals surface area contributed by atoms with E-state index in [1.807, 2.05) is 77.7 Å². The first kappa shape index (κ1) is 19.7. The minimum Gasteiger partial charge on any atom is -0.457 e. The Morgan fingerprint density at radius 3 is 2.27 bits per heavy atom. The van der Waals surface area contributed by atoms with Crippen LogP contribution in [0.5, 0.6) is 11.5 Å². The van der Waals surface area contributed by atoms with E-state index in [-0.39, 0.29) is 5.91 Å². The Labute approximate surface area is 176 Å². The molecule has 150 valence electrons. The lowest BCUT2D eigenvalue weighted by Crippen LogP contribution is -2.48. The molecule has 4 rings (SSSR count). The first-order valence-corrected chi connectivity index (χ1v) is 10.0. The molecule has 0 aromatic heterocycles. The van der Waals surface area contributed by atoms with Crippen molar-refractivity contribution < 1.29 is 9.53 Å². The van der Waals surface area contributed by atoms with E-state index in [1.54, 1.807) is 6.07 Å². The van der Waals surface area contributed by atoms with Crippen LogP contribution in [0.4, 0.5) is 0 Å². The molecule has 1 heterocycles. The third-order valence-corrected chi connectivity index (χ3v) is 5.21. The van der Waals surface area contributed by atoms with E-state index in [2.05, 4.69) is 11.0 Å². The number of carbonyl (C=O) groups excluding carboxylic acids is 1. The SMILES string of the molecule is N#Cc1ccc(CN2CCN(C(=O)c3cccc(Oc4ccccc4)c3)CC2)cc1. The molecule has 1 amide bonds. The van der Waals surface area contributed by atoms with E-state index in [0.29, 0.717) is 30.0 Å². The highest BCUT2D eigenvalue weighted by molar-refractivity contribution is 5.94. The van der Waals surface area contributed by atoms with Gasteiger partial charge in [0.15, 0.2) is 0 Å². The Hall–Kier alpha value is -3.62. The molecule has 1 aliphatic heterocycles. The lowest BCUT2D eigenvalue weighted by molar-refractivity contribution is 0.0628. The van der Waals surface area contributed by atoms with Gasteiger partial charge in [0, 0.05) is 38.3 Å². The largest absolute Gasteiger partial charge is 0.457 e. The zero-order valence-corrected chi connectivity index (χ0v) is 16.7. The summed E-state index contributed by atoms with van der Waals surface area (Å²) in [5.74, 6) is 1.44. The summed E-state index contributed by atoms with van der Waals surface area (Å²) < 4.78 is 5.86. The van der Waals surface area contributed by atoms with E-state index in [4.69, 9.17) is 10.00 Å². The second-order valence-corrected chi connectivity index (χ2v) is 7.32. The van der Waals surface area contributed by atoms with Crippen molar-refractivity contribution in [1.29, 1.82) is 5.26 Å². The molecule has 3 aromatic carbocycles. The molecular weight excluding hydrogens is 374 g/mol. The van der Waals surface area contributed by atoms with Crippen LogP contribution in [0.25, 0.3) is 0 Å². The van der Waals surface area contributed by atoms with Crippen molar-refractivity contribution in [1.82, 2.24) is 9.80 Å². The average molecular weight is 397 g/mol. The molecule has 0 radical (unpaired) electrons. The second kappa shape index (κ2) is 9.25. The van der Waals surface area contributed by atoms with Crippen molar-refractivity contribution >= 4 is 5.91 Å². The van der Waals surface area contributed by atoms with Crippen molar-refractivity contribution in [3.63, 3.8) is 0 Å². The quantitative estimate of drug-likeness (QED) is 0.644. The lowest BCUT2D eigenvalue weighted by Gasteiger charge is -2.34. The Morgan fingerprint density at radius 2 is 1.57 bits per heavy atom. The Kier molecular flexibility index (Phi) is 6.07. The van der Waals surface area contributed by atoms with Gasteiger partial charge in [0.05, 0.1) is 11.6 Å². The van der Waals surface area contributed by atoms with Gasteiger partial charge < -0.3 is 9.64 Å². The topological polar surface area (TPSA) is 56.6 Å². The predicted molar refractivity (Wildman–Crippen MR) is 115 cm³/mol. The van der Waals surface area contributed by atoms with Crippen LogP contribution >= 0.6 is 0 Å². The monoisotopic (exact) mass is 397 g/mol. The number of benzene rings is 3. The highest BCUT2D eigenvalue weighted by Gasteiger charge is 2.22. The van der Waals surface area contributed by atoms with Crippen molar-refractivity contribution in [3.05, 3.63) is 95.6 Å². The van der Waals surface area contributed by atoms with E-state index < -0.39 is 0 Å². The van der Waals surface area contributed by atoms with E-state index >= 15 is 0 Å². The molecule has 1 fully saturated rings. The molecule has 1 saturated heterocycles. The molecule has 0 aliphatic carbocycles. The Bertz CT molecular complexity index is 1030. The maximum Gasteiger partial charge on any atom is 0.254 e. The van der Waals surface area contributed by atoms with Gasteiger partial charge in [-0.05, 0) is 48.0 Å². The van der Waals surface area contributed by atoms with Crippen molar-refractivity contribution in [2.75, 3.05) is 26.2 Å². The maximum absolute atomic E-state index is 13.0. The number of amides is 1. The van der Waals surface area contributed by atoms with Gasteiger partial charge in [-0.1, -0.05) is 36.4 Å². The number of nitriles is 1. The summed E-state index contributed by atoms with van der Waals surface area (Å²) in [6.07, 6.45) is 0. The summed E-state index contributed by atoms with van der Waals surface area (Å²) in [5.41, 5.74) is 2.50. The Morgan fingerprint density at radius 1 is 0.867 bits per heavy atom. The molecule has 0 atom stereocenters. The average Bonchev–Trinajstić information content (AvgIpc) is 2.80. The van der Waals surface area contributed by atoms with Crippen molar-refractivity contribution in [3.8, 4) is 17.6 Å². The third-order valence-electron chi connectivity index (χ3n) is 5.21. The van der Waals surface area contributed by atoms with E-state index in [0.717, 1.165) is 25.4 Å². The predicted octanol–water partition coefficient (Wildman–Crippen LogP) is 4.31. The molecule has 30 heavy (non-hydrogen) atoms. The number of carbonyl (C=O) groups is 1. The van der Waals surface area contributed by atoms with Crippen LogP contribution in [0.3, 0.4) is 0 Å². The van der Waals surface area contributed by atoms with E-state index in [1.165, 1.54) is 5.56 Å². The van der Waals surface area contributed by atoms with Gasteiger partial charge in [-0.15, -0.1) is 0 Å². The molecular formula is C25H23N3O2. The molecule has 0 bridgehead atoms. The van der Waals surface area contributed by atoms with Gasteiger partial charge in [0.25, 0.3) is 5.91 Å². The van der Waals surface area contributed by atoms with Gasteiger partial charge in [0.2, 0.25) is 0 Å². The molecule has 0 saturated carbocycles. The summed E-state index contributed by atoms with van der Waals surface area (Å²) in [7, 11) is 0. The second-order valence-electron chi connectivity index (χ2n) is 7.32. The lowest BCUT2D eigenvalue weighted by atomic mass is 10.1. The van der Waals surface area contributed by atoms with Crippen LogP contribution in [0.2, 0.25) is 0 Å². The van der Waals surface area contributed by atoms with Crippen LogP contribution in [-0.2, 0) is 6.54 Å². The minimum atomic E-state index is 0.0338. The van der Waals surface area contributed by atoms with Crippen LogP contribution in [0, 0.1) is 11.3 Å². The minimum absolute atomic E-state index is 0.0338. The number of ether oxygens (including phenoxy) is 1. The standard InChI is InChI=1S/C25H23N3O2/c26-18-20-9-11-21(12-10-20)19-27-13-15-28(16-14-27)25(29)22-5-4-8-24(17-22)30-23-6-2-1-3-7-23/h1-12,17H,13-16,19H2. The maximum atomic E-state index is 13.0. The fourth-order valence-corrected chi connectivity index (χ4v) is 3.55. The summed E-state index contributed by atoms with van der Waals surface area (Å²) in [4.78, 5) is 17.2. The highest BCUT2D eigenvalue weighted by atomic mass is 16.5. The number of para-hydroxylation sites is 1. The fourth-order valence-electron chi connectivity index (χ4n) is 3.55. The third kappa shape index (κ3) is 4.86. The summed E-state index contributed by atoms with van der Waals surface area (Å²) in [6.45, 7) is 3.86. The van der Waals surface area contributed by atoms with Gasteiger partial charge in [-0.2, -0.15) is 5.26 Å². The number of piperazine rings is 1. The van der Waals surface area contributed by atoms with Crippen molar-refractivity contribution in [2.24, 2.45) is 0 Å². The molecule has 5 nitrogen and oxygen atoms in total. The fraction of sp³-hybridized carbons (Fsp3) is 0.200. The van der Waals surface area contributed by atoms with Gasteiger partial charge in [-0.3, -0.25) is 9.69 Å².